The summed E-state index contributed by atoms with van der Waals surface area (Å²) in [5.74, 6) is -1.12. The average molecular weight is 434 g/mol. The third kappa shape index (κ3) is 3.79. The van der Waals surface area contributed by atoms with Crippen LogP contribution >= 0.6 is 34.3 Å². The zero-order valence-corrected chi connectivity index (χ0v) is 16.7. The number of nitrogens with one attached hydrogen (secondary N) is 1. The highest BCUT2D eigenvalue weighted by molar-refractivity contribution is 7.91. The van der Waals surface area contributed by atoms with Crippen LogP contribution in [0, 0.1) is 0 Å². The van der Waals surface area contributed by atoms with Crippen LogP contribution < -0.4 is 11.1 Å². The fourth-order valence-corrected chi connectivity index (χ4v) is 6.87. The molecule has 3 heterocycles. The zero-order chi connectivity index (χ0) is 18.9. The second kappa shape index (κ2) is 7.65. The van der Waals surface area contributed by atoms with E-state index in [9.17, 15) is 18.0 Å². The molecule has 0 bridgehead atoms. The Bertz CT molecular complexity index is 938. The molecule has 11 heteroatoms. The summed E-state index contributed by atoms with van der Waals surface area (Å²) in [6.07, 6.45) is 1.82. The van der Waals surface area contributed by atoms with E-state index in [0.717, 1.165) is 29.1 Å². The summed E-state index contributed by atoms with van der Waals surface area (Å²) in [6.45, 7) is 0.253. The third-order valence-corrected chi connectivity index (χ3v) is 8.47. The molecule has 1 aliphatic heterocycles. The first-order chi connectivity index (χ1) is 12.3. The molecule has 2 aromatic heterocycles. The Kier molecular flexibility index (Phi) is 5.68. The lowest BCUT2D eigenvalue weighted by atomic mass is 10.0. The van der Waals surface area contributed by atoms with Gasteiger partial charge < -0.3 is 11.1 Å². The van der Waals surface area contributed by atoms with E-state index in [4.69, 9.17) is 17.3 Å². The molecule has 1 saturated heterocycles. The molecule has 7 nitrogen and oxygen atoms in total. The molecule has 0 radical (unpaired) electrons. The van der Waals surface area contributed by atoms with Gasteiger partial charge in [0.15, 0.2) is 0 Å². The van der Waals surface area contributed by atoms with Gasteiger partial charge in [-0.3, -0.25) is 9.59 Å². The maximum absolute atomic E-state index is 12.9. The minimum atomic E-state index is -3.82. The molecule has 1 fully saturated rings. The van der Waals surface area contributed by atoms with Crippen LogP contribution in [0.4, 0.5) is 5.00 Å². The van der Waals surface area contributed by atoms with Crippen LogP contribution in [0.15, 0.2) is 27.8 Å². The molecule has 2 aromatic rings. The minimum Gasteiger partial charge on any atom is -0.366 e. The third-order valence-electron chi connectivity index (χ3n) is 4.04. The molecule has 1 aliphatic rings. The van der Waals surface area contributed by atoms with Crippen molar-refractivity contribution >= 4 is 61.1 Å². The predicted molar refractivity (Wildman–Crippen MR) is 102 cm³/mol. The number of anilines is 1. The van der Waals surface area contributed by atoms with E-state index >= 15 is 0 Å². The van der Waals surface area contributed by atoms with E-state index < -0.39 is 27.9 Å². The highest BCUT2D eigenvalue weighted by Gasteiger charge is 2.38. The van der Waals surface area contributed by atoms with Gasteiger partial charge in [0.2, 0.25) is 5.91 Å². The first kappa shape index (κ1) is 19.3. The van der Waals surface area contributed by atoms with Crippen LogP contribution in [-0.4, -0.2) is 37.1 Å². The van der Waals surface area contributed by atoms with Crippen molar-refractivity contribution in [3.05, 3.63) is 33.5 Å². The molecule has 0 aromatic carbocycles. The normalized spacial score (nSPS) is 18.6. The summed E-state index contributed by atoms with van der Waals surface area (Å²) < 4.78 is 27.5. The number of primary amides is 1. The van der Waals surface area contributed by atoms with Crippen molar-refractivity contribution in [2.45, 2.75) is 29.5 Å². The van der Waals surface area contributed by atoms with Gasteiger partial charge in [0.05, 0.1) is 9.90 Å². The molecule has 0 saturated carbocycles. The van der Waals surface area contributed by atoms with E-state index in [-0.39, 0.29) is 16.3 Å². The number of hydrogen-bond acceptors (Lipinski definition) is 6. The van der Waals surface area contributed by atoms with Crippen LogP contribution in [-0.2, 0) is 14.8 Å². The van der Waals surface area contributed by atoms with E-state index in [2.05, 4.69) is 5.32 Å². The lowest BCUT2D eigenvalue weighted by Crippen LogP contribution is -2.49. The lowest BCUT2D eigenvalue weighted by molar-refractivity contribution is -0.120. The van der Waals surface area contributed by atoms with Crippen molar-refractivity contribution in [3.8, 4) is 0 Å². The molecule has 1 atom stereocenters. The summed E-state index contributed by atoms with van der Waals surface area (Å²) in [4.78, 5) is 24.2. The minimum absolute atomic E-state index is 0.108. The smallest absolute Gasteiger partial charge is 0.253 e. The molecule has 0 aliphatic carbocycles. The fraction of sp³-hybridized carbons (Fsp3) is 0.333. The first-order valence-electron chi connectivity index (χ1n) is 7.76. The topological polar surface area (TPSA) is 110 Å². The van der Waals surface area contributed by atoms with Crippen molar-refractivity contribution in [2.24, 2.45) is 5.73 Å². The van der Waals surface area contributed by atoms with Gasteiger partial charge in [0.25, 0.3) is 15.9 Å². The highest BCUT2D eigenvalue weighted by Crippen LogP contribution is 2.32. The second-order valence-electron chi connectivity index (χ2n) is 5.70. The van der Waals surface area contributed by atoms with Gasteiger partial charge in [-0.1, -0.05) is 18.0 Å². The van der Waals surface area contributed by atoms with Gasteiger partial charge in [0, 0.05) is 6.54 Å². The van der Waals surface area contributed by atoms with Gasteiger partial charge in [-0.05, 0) is 36.4 Å². The summed E-state index contributed by atoms with van der Waals surface area (Å²) in [5, 5.41) is 4.61. The number of hydrogen-bond donors (Lipinski definition) is 2. The number of rotatable bonds is 5. The fourth-order valence-electron chi connectivity index (χ4n) is 2.80. The maximum Gasteiger partial charge on any atom is 0.253 e. The average Bonchev–Trinajstić information content (AvgIpc) is 3.24. The maximum atomic E-state index is 12.9. The van der Waals surface area contributed by atoms with Gasteiger partial charge in [-0.25, -0.2) is 8.42 Å². The Morgan fingerprint density at radius 2 is 2.04 bits per heavy atom. The Hall–Kier alpha value is -1.46. The highest BCUT2D eigenvalue weighted by atomic mass is 35.5. The van der Waals surface area contributed by atoms with Crippen LogP contribution in [0.2, 0.25) is 4.34 Å². The Balaban J connectivity index is 1.86. The number of piperidine rings is 1. The Labute approximate surface area is 163 Å². The van der Waals surface area contributed by atoms with Crippen LogP contribution in [0.1, 0.15) is 29.6 Å². The standard InChI is InChI=1S/C15H16ClN3O4S3/c16-11-4-5-12(25-11)26(22,23)19-7-2-1-3-10(19)14(21)18-15-9(13(17)20)6-8-24-15/h4-6,8,10H,1-3,7H2,(H2,17,20)(H,18,21)/t10-/m0/s1. The van der Waals surface area contributed by atoms with Gasteiger partial charge in [-0.15, -0.1) is 22.7 Å². The summed E-state index contributed by atoms with van der Waals surface area (Å²) in [7, 11) is -3.82. The van der Waals surface area contributed by atoms with Gasteiger partial charge >= 0.3 is 0 Å². The van der Waals surface area contributed by atoms with E-state index in [1.54, 1.807) is 5.38 Å². The Morgan fingerprint density at radius 3 is 2.69 bits per heavy atom. The number of thiophene rings is 2. The molecule has 0 spiro atoms. The zero-order valence-electron chi connectivity index (χ0n) is 13.5. The number of sulfonamides is 1. The number of nitrogens with two attached hydrogens (primary N) is 1. The molecular formula is C15H16ClN3O4S3. The van der Waals surface area contributed by atoms with Crippen molar-refractivity contribution in [1.82, 2.24) is 4.31 Å². The number of carbonyl (C=O) groups excluding carboxylic acids is 2. The van der Waals surface area contributed by atoms with Crippen molar-refractivity contribution < 1.29 is 18.0 Å². The van der Waals surface area contributed by atoms with Crippen LogP contribution in [0.25, 0.3) is 0 Å². The van der Waals surface area contributed by atoms with Gasteiger partial charge in [0.1, 0.15) is 15.3 Å². The molecule has 140 valence electrons. The number of nitrogens with zero attached hydrogens (tertiary/aromatic N) is 1. The van der Waals surface area contributed by atoms with E-state index in [0.29, 0.717) is 22.2 Å². The van der Waals surface area contributed by atoms with E-state index in [1.165, 1.54) is 22.5 Å². The van der Waals surface area contributed by atoms with Crippen molar-refractivity contribution in [1.29, 1.82) is 0 Å². The number of amides is 2. The molecule has 26 heavy (non-hydrogen) atoms. The molecule has 0 unspecified atom stereocenters. The Morgan fingerprint density at radius 1 is 1.27 bits per heavy atom. The molecule has 2 amide bonds. The first-order valence-corrected chi connectivity index (χ1v) is 11.3. The lowest BCUT2D eigenvalue weighted by Gasteiger charge is -2.33. The SMILES string of the molecule is NC(=O)c1ccsc1NC(=O)[C@@H]1CCCCN1S(=O)(=O)c1ccc(Cl)s1. The van der Waals surface area contributed by atoms with Gasteiger partial charge in [-0.2, -0.15) is 4.31 Å². The van der Waals surface area contributed by atoms with E-state index in [1.807, 2.05) is 0 Å². The van der Waals surface area contributed by atoms with Crippen LogP contribution in [0.5, 0.6) is 0 Å². The molecule has 3 N–H and O–H groups in total. The van der Waals surface area contributed by atoms with Crippen molar-refractivity contribution in [3.63, 3.8) is 0 Å². The molecular weight excluding hydrogens is 418 g/mol. The second-order valence-corrected chi connectivity index (χ2v) is 10.5. The molecule has 3 rings (SSSR count). The van der Waals surface area contributed by atoms with Crippen molar-refractivity contribution in [2.75, 3.05) is 11.9 Å². The summed E-state index contributed by atoms with van der Waals surface area (Å²) in [6, 6.07) is 3.63. The number of halogens is 1. The van der Waals surface area contributed by atoms with Crippen LogP contribution in [0.3, 0.4) is 0 Å². The monoisotopic (exact) mass is 433 g/mol. The largest absolute Gasteiger partial charge is 0.366 e. The number of carbonyl (C=O) groups is 2. The quantitative estimate of drug-likeness (QED) is 0.755. The summed E-state index contributed by atoms with van der Waals surface area (Å²) in [5.41, 5.74) is 5.49. The predicted octanol–water partition coefficient (Wildman–Crippen LogP) is 2.74. The summed E-state index contributed by atoms with van der Waals surface area (Å²) >= 11 is 7.98.